The minimum absolute atomic E-state index is 0.0396. The molecule has 3 fully saturated rings. The van der Waals surface area contributed by atoms with Gasteiger partial charge in [0, 0.05) is 12.0 Å². The number of phenolic OH excluding ortho intramolecular Hbond substituents is 1. The first kappa shape index (κ1) is 26.8. The van der Waals surface area contributed by atoms with Crippen molar-refractivity contribution >= 4 is 12.0 Å². The molecule has 2 saturated heterocycles. The molecule has 0 amide bonds. The van der Waals surface area contributed by atoms with Gasteiger partial charge in [-0.1, -0.05) is 6.07 Å². The van der Waals surface area contributed by atoms with E-state index in [0.717, 1.165) is 0 Å². The maximum Gasteiger partial charge on any atom is 0.331 e. The number of fused-ring (bicyclic) bond motifs is 3. The maximum absolute atomic E-state index is 12.7. The first-order valence-electron chi connectivity index (χ1n) is 12.1. The third-order valence-electron chi connectivity index (χ3n) is 7.47. The van der Waals surface area contributed by atoms with Gasteiger partial charge in [0.1, 0.15) is 42.2 Å². The molecule has 0 unspecified atom stereocenters. The van der Waals surface area contributed by atoms with Crippen LogP contribution >= 0.6 is 0 Å². The van der Waals surface area contributed by atoms with Gasteiger partial charge in [-0.2, -0.15) is 0 Å². The predicted octanol–water partition coefficient (Wildman–Crippen LogP) is -1.61. The molecule has 0 aromatic heterocycles. The van der Waals surface area contributed by atoms with Crippen LogP contribution in [-0.2, 0) is 28.5 Å². The number of methoxy groups -OCH3 is 1. The zero-order chi connectivity index (χ0) is 27.2. The van der Waals surface area contributed by atoms with E-state index in [1.807, 2.05) is 0 Å². The third kappa shape index (κ3) is 4.54. The number of benzene rings is 1. The summed E-state index contributed by atoms with van der Waals surface area (Å²) < 4.78 is 33.4. The maximum atomic E-state index is 12.7. The SMILES string of the molecule is COc1cc(C=CC(=O)O[C@H]2[C@@H]3C=CO[C@@H](O[C@@H]4O[C@H](CO)[C@@H](O)[C@H](O)[C@H]4O)[C@@H]3[C@@]3(CO)O[C@@H]23)ccc1O. The number of esters is 1. The number of ether oxygens (including phenoxy) is 6. The number of phenols is 1. The lowest BCUT2D eigenvalue weighted by atomic mass is 9.85. The van der Waals surface area contributed by atoms with Crippen LogP contribution in [0.25, 0.3) is 6.08 Å². The van der Waals surface area contributed by atoms with Gasteiger partial charge in [-0.25, -0.2) is 4.79 Å². The lowest BCUT2D eigenvalue weighted by Gasteiger charge is -2.43. The highest BCUT2D eigenvalue weighted by Crippen LogP contribution is 2.60. The first-order valence-corrected chi connectivity index (χ1v) is 12.1. The lowest BCUT2D eigenvalue weighted by Crippen LogP contribution is -2.60. The topological polar surface area (TPSA) is 197 Å². The molecule has 4 aliphatic rings. The summed E-state index contributed by atoms with van der Waals surface area (Å²) in [6.07, 6.45) is -4.38. The van der Waals surface area contributed by atoms with Crippen LogP contribution in [0.5, 0.6) is 11.5 Å². The van der Waals surface area contributed by atoms with Crippen molar-refractivity contribution in [3.63, 3.8) is 0 Å². The average Bonchev–Trinajstić information content (AvgIpc) is 3.60. The van der Waals surface area contributed by atoms with E-state index in [0.29, 0.717) is 5.56 Å². The van der Waals surface area contributed by atoms with Gasteiger partial charge in [-0.05, 0) is 29.8 Å². The second-order valence-electron chi connectivity index (χ2n) is 9.59. The first-order chi connectivity index (χ1) is 18.2. The van der Waals surface area contributed by atoms with Gasteiger partial charge in [0.05, 0.1) is 32.5 Å². The van der Waals surface area contributed by atoms with Gasteiger partial charge in [0.15, 0.2) is 17.8 Å². The number of aromatic hydroxyl groups is 1. The van der Waals surface area contributed by atoms with Crippen LogP contribution in [0.4, 0.5) is 0 Å². The van der Waals surface area contributed by atoms with Crippen molar-refractivity contribution in [2.45, 2.75) is 54.8 Å². The monoisotopic (exact) mass is 538 g/mol. The highest BCUT2D eigenvalue weighted by molar-refractivity contribution is 5.87. The molecule has 1 saturated carbocycles. The molecule has 3 heterocycles. The minimum atomic E-state index is -1.65. The van der Waals surface area contributed by atoms with Crippen molar-refractivity contribution in [3.8, 4) is 11.5 Å². The normalized spacial score (nSPS) is 41.3. The van der Waals surface area contributed by atoms with E-state index in [2.05, 4.69) is 0 Å². The Labute approximate surface area is 217 Å². The smallest absolute Gasteiger partial charge is 0.331 e. The molecule has 0 spiro atoms. The Hall–Kier alpha value is -2.75. The minimum Gasteiger partial charge on any atom is -0.504 e. The quantitative estimate of drug-likeness (QED) is 0.126. The number of carbonyl (C=O) groups is 1. The van der Waals surface area contributed by atoms with Gasteiger partial charge in [0.2, 0.25) is 6.29 Å². The molecule has 0 radical (unpaired) electrons. The lowest BCUT2D eigenvalue weighted by molar-refractivity contribution is -0.344. The summed E-state index contributed by atoms with van der Waals surface area (Å²) in [7, 11) is 1.41. The standard InChI is InChI=1S/C25H30O13/c1-33-14-8-11(2-4-13(14)28)3-5-16(29)36-21-12-6-7-34-23(17(12)25(10-27)22(21)38-25)37-24-20(32)19(31)18(30)15(9-26)35-24/h2-8,12,15,17-24,26-28,30-32H,9-10H2,1H3/t12-,15-,17-,18-,19+,20-,21+,22+,23+,24+,25-/m1/s1. The number of carbonyl (C=O) groups excluding carboxylic acids is 1. The highest BCUT2D eigenvalue weighted by atomic mass is 16.8. The molecular weight excluding hydrogens is 508 g/mol. The van der Waals surface area contributed by atoms with E-state index >= 15 is 0 Å². The van der Waals surface area contributed by atoms with Crippen LogP contribution in [0, 0.1) is 11.8 Å². The van der Waals surface area contributed by atoms with Gasteiger partial charge in [0.25, 0.3) is 0 Å². The Morgan fingerprint density at radius 1 is 1.13 bits per heavy atom. The second-order valence-corrected chi connectivity index (χ2v) is 9.59. The molecule has 38 heavy (non-hydrogen) atoms. The fraction of sp³-hybridized carbons (Fsp3) is 0.560. The summed E-state index contributed by atoms with van der Waals surface area (Å²) in [5.74, 6) is -1.64. The van der Waals surface area contributed by atoms with E-state index in [1.165, 1.54) is 31.6 Å². The van der Waals surface area contributed by atoms with Gasteiger partial charge < -0.3 is 59.1 Å². The second kappa shape index (κ2) is 10.4. The fourth-order valence-corrected chi connectivity index (χ4v) is 5.42. The molecule has 6 N–H and O–H groups in total. The van der Waals surface area contributed by atoms with Crippen LogP contribution < -0.4 is 4.74 Å². The van der Waals surface area contributed by atoms with Crippen LogP contribution in [-0.4, -0.2) is 112 Å². The molecule has 3 aliphatic heterocycles. The summed E-state index contributed by atoms with van der Waals surface area (Å²) in [6.45, 7) is -1.06. The Kier molecular flexibility index (Phi) is 7.37. The molecule has 5 rings (SSSR count). The fourth-order valence-electron chi connectivity index (χ4n) is 5.42. The summed E-state index contributed by atoms with van der Waals surface area (Å²) >= 11 is 0. The summed E-state index contributed by atoms with van der Waals surface area (Å²) in [4.78, 5) is 12.7. The number of rotatable bonds is 8. The van der Waals surface area contributed by atoms with Crippen molar-refractivity contribution < 1.29 is 63.9 Å². The van der Waals surface area contributed by atoms with E-state index < -0.39 is 85.8 Å². The number of epoxide rings is 1. The average molecular weight is 539 g/mol. The zero-order valence-electron chi connectivity index (χ0n) is 20.3. The van der Waals surface area contributed by atoms with Crippen molar-refractivity contribution in [2.24, 2.45) is 11.8 Å². The largest absolute Gasteiger partial charge is 0.504 e. The molecule has 13 nitrogen and oxygen atoms in total. The third-order valence-corrected chi connectivity index (χ3v) is 7.47. The van der Waals surface area contributed by atoms with Crippen LogP contribution in [0.15, 0.2) is 36.6 Å². The van der Waals surface area contributed by atoms with Crippen molar-refractivity contribution in [3.05, 3.63) is 42.2 Å². The van der Waals surface area contributed by atoms with Crippen molar-refractivity contribution in [2.75, 3.05) is 20.3 Å². The molecule has 0 bridgehead atoms. The Morgan fingerprint density at radius 3 is 2.63 bits per heavy atom. The molecule has 13 heteroatoms. The van der Waals surface area contributed by atoms with E-state index in [1.54, 1.807) is 18.2 Å². The van der Waals surface area contributed by atoms with Gasteiger partial charge >= 0.3 is 5.97 Å². The Balaban J connectivity index is 1.29. The summed E-state index contributed by atoms with van der Waals surface area (Å²) in [5, 5.41) is 59.8. The Bertz CT molecular complexity index is 1090. The Morgan fingerprint density at radius 2 is 1.92 bits per heavy atom. The van der Waals surface area contributed by atoms with E-state index in [9.17, 15) is 35.4 Å². The van der Waals surface area contributed by atoms with E-state index in [4.69, 9.17) is 28.4 Å². The van der Waals surface area contributed by atoms with Crippen LogP contribution in [0.3, 0.4) is 0 Å². The van der Waals surface area contributed by atoms with Crippen molar-refractivity contribution in [1.82, 2.24) is 0 Å². The molecule has 1 aromatic rings. The van der Waals surface area contributed by atoms with Gasteiger partial charge in [-0.15, -0.1) is 0 Å². The van der Waals surface area contributed by atoms with Crippen molar-refractivity contribution in [1.29, 1.82) is 0 Å². The van der Waals surface area contributed by atoms with Crippen LogP contribution in [0.1, 0.15) is 5.56 Å². The summed E-state index contributed by atoms with van der Waals surface area (Å²) in [5.41, 5.74) is -0.556. The summed E-state index contributed by atoms with van der Waals surface area (Å²) in [6, 6.07) is 4.57. The molecule has 1 aromatic carbocycles. The van der Waals surface area contributed by atoms with Crippen LogP contribution in [0.2, 0.25) is 0 Å². The van der Waals surface area contributed by atoms with E-state index in [-0.39, 0.29) is 11.5 Å². The number of hydrogen-bond donors (Lipinski definition) is 6. The number of hydrogen-bond acceptors (Lipinski definition) is 13. The number of aliphatic hydroxyl groups is 5. The number of aliphatic hydroxyl groups excluding tert-OH is 5. The molecular formula is C25H30O13. The van der Waals surface area contributed by atoms with Gasteiger partial charge in [-0.3, -0.25) is 0 Å². The zero-order valence-corrected chi connectivity index (χ0v) is 20.3. The molecule has 1 aliphatic carbocycles. The molecule has 208 valence electrons. The molecule has 11 atom stereocenters. The predicted molar refractivity (Wildman–Crippen MR) is 124 cm³/mol. The highest BCUT2D eigenvalue weighted by Gasteiger charge is 2.77.